The predicted molar refractivity (Wildman–Crippen MR) is 87.6 cm³/mol. The first kappa shape index (κ1) is 15.4. The Balaban J connectivity index is 1.80. The molecular formula is C17H19NO2S. The molecule has 0 radical (unpaired) electrons. The van der Waals surface area contributed by atoms with E-state index in [1.807, 2.05) is 26.8 Å². The van der Waals surface area contributed by atoms with Crippen LogP contribution >= 0.6 is 11.3 Å². The highest BCUT2D eigenvalue weighted by Crippen LogP contribution is 2.21. The molecule has 110 valence electrons. The zero-order chi connectivity index (χ0) is 15.3. The molecule has 0 aliphatic carbocycles. The van der Waals surface area contributed by atoms with E-state index in [0.29, 0.717) is 13.0 Å². The normalized spacial score (nSPS) is 10.8. The third-order valence-corrected chi connectivity index (χ3v) is 3.49. The van der Waals surface area contributed by atoms with Crippen LogP contribution in [-0.2, 0) is 4.74 Å². The smallest absolute Gasteiger partial charge is 0.407 e. The van der Waals surface area contributed by atoms with Crippen molar-refractivity contribution in [2.24, 2.45) is 0 Å². The lowest BCUT2D eigenvalue weighted by Crippen LogP contribution is -2.32. The van der Waals surface area contributed by atoms with Crippen molar-refractivity contribution in [3.63, 3.8) is 0 Å². The van der Waals surface area contributed by atoms with Crippen molar-refractivity contribution in [1.82, 2.24) is 5.32 Å². The number of carbonyl (C=O) groups is 1. The maximum absolute atomic E-state index is 11.4. The third-order valence-electron chi connectivity index (χ3n) is 2.61. The van der Waals surface area contributed by atoms with Crippen LogP contribution in [0, 0.1) is 11.8 Å². The fourth-order valence-electron chi connectivity index (χ4n) is 1.74. The molecule has 1 N–H and O–H groups in total. The van der Waals surface area contributed by atoms with Crippen LogP contribution < -0.4 is 5.32 Å². The average Bonchev–Trinajstić information content (AvgIpc) is 2.83. The van der Waals surface area contributed by atoms with Gasteiger partial charge in [-0.15, -0.1) is 11.3 Å². The largest absolute Gasteiger partial charge is 0.444 e. The van der Waals surface area contributed by atoms with E-state index in [1.54, 1.807) is 11.3 Å². The minimum Gasteiger partial charge on any atom is -0.444 e. The van der Waals surface area contributed by atoms with E-state index in [9.17, 15) is 4.79 Å². The number of ether oxygens (including phenoxy) is 1. The summed E-state index contributed by atoms with van der Waals surface area (Å²) >= 11 is 1.71. The molecule has 1 heterocycles. The van der Waals surface area contributed by atoms with Gasteiger partial charge in [0.25, 0.3) is 0 Å². The number of hydrogen-bond donors (Lipinski definition) is 1. The summed E-state index contributed by atoms with van der Waals surface area (Å²) in [6.45, 7) is 6.01. The molecule has 0 saturated carbocycles. The lowest BCUT2D eigenvalue weighted by molar-refractivity contribution is 0.0529. The number of fused-ring (bicyclic) bond motifs is 1. The summed E-state index contributed by atoms with van der Waals surface area (Å²) in [4.78, 5) is 11.4. The first-order chi connectivity index (χ1) is 9.94. The molecule has 1 amide bonds. The Morgan fingerprint density at radius 1 is 1.33 bits per heavy atom. The number of rotatable bonds is 2. The first-order valence-corrected chi connectivity index (χ1v) is 7.75. The van der Waals surface area contributed by atoms with Crippen LogP contribution in [-0.4, -0.2) is 18.2 Å². The predicted octanol–water partition coefficient (Wildman–Crippen LogP) is 4.17. The quantitative estimate of drug-likeness (QED) is 0.668. The maximum Gasteiger partial charge on any atom is 0.407 e. The molecule has 0 saturated heterocycles. The van der Waals surface area contributed by atoms with Gasteiger partial charge in [0, 0.05) is 23.2 Å². The summed E-state index contributed by atoms with van der Waals surface area (Å²) in [6.07, 6.45) is 0.200. The Kier molecular flexibility index (Phi) is 4.87. The summed E-state index contributed by atoms with van der Waals surface area (Å²) in [5.41, 5.74) is 0.536. The molecule has 1 aromatic heterocycles. The highest BCUT2D eigenvalue weighted by atomic mass is 32.1. The molecular weight excluding hydrogens is 282 g/mol. The van der Waals surface area contributed by atoms with Crippen molar-refractivity contribution in [1.29, 1.82) is 0 Å². The number of nitrogens with one attached hydrogen (secondary N) is 1. The second kappa shape index (κ2) is 6.64. The van der Waals surface area contributed by atoms with Gasteiger partial charge in [-0.3, -0.25) is 0 Å². The van der Waals surface area contributed by atoms with E-state index in [2.05, 4.69) is 40.7 Å². The molecule has 21 heavy (non-hydrogen) atoms. The van der Waals surface area contributed by atoms with Crippen LogP contribution in [0.2, 0.25) is 0 Å². The standard InChI is InChI=1S/C17H19NO2S/c1-17(2,3)20-16(19)18-10-5-4-6-13-7-8-14-9-11-21-15(14)12-13/h7-9,11-12H,5,10H2,1-3H3,(H,18,19). The molecule has 0 unspecified atom stereocenters. The Labute approximate surface area is 129 Å². The average molecular weight is 301 g/mol. The lowest BCUT2D eigenvalue weighted by Gasteiger charge is -2.19. The van der Waals surface area contributed by atoms with E-state index in [-0.39, 0.29) is 0 Å². The molecule has 0 aliphatic rings. The van der Waals surface area contributed by atoms with Crippen LogP contribution in [0.25, 0.3) is 10.1 Å². The van der Waals surface area contributed by atoms with Crippen LogP contribution in [0.15, 0.2) is 29.6 Å². The maximum atomic E-state index is 11.4. The van der Waals surface area contributed by atoms with Crippen molar-refractivity contribution < 1.29 is 9.53 Å². The van der Waals surface area contributed by atoms with E-state index in [4.69, 9.17) is 4.74 Å². The Morgan fingerprint density at radius 3 is 2.90 bits per heavy atom. The van der Waals surface area contributed by atoms with Gasteiger partial charge in [0.05, 0.1) is 0 Å². The van der Waals surface area contributed by atoms with E-state index < -0.39 is 11.7 Å². The second-order valence-corrected chi connectivity index (χ2v) is 6.60. The number of thiophene rings is 1. The number of amides is 1. The van der Waals surface area contributed by atoms with Crippen molar-refractivity contribution in [2.45, 2.75) is 32.8 Å². The second-order valence-electron chi connectivity index (χ2n) is 5.65. The third kappa shape index (κ3) is 5.13. The first-order valence-electron chi connectivity index (χ1n) is 6.87. The van der Waals surface area contributed by atoms with Crippen molar-refractivity contribution in [3.05, 3.63) is 35.2 Å². The fraction of sp³-hybridized carbons (Fsp3) is 0.353. The molecule has 0 fully saturated rings. The fourth-order valence-corrected chi connectivity index (χ4v) is 2.57. The van der Waals surface area contributed by atoms with E-state index >= 15 is 0 Å². The lowest BCUT2D eigenvalue weighted by atomic mass is 10.2. The van der Waals surface area contributed by atoms with Crippen molar-refractivity contribution >= 4 is 27.5 Å². The minimum atomic E-state index is -0.466. The molecule has 3 nitrogen and oxygen atoms in total. The van der Waals surface area contributed by atoms with Gasteiger partial charge in [0.2, 0.25) is 0 Å². The SMILES string of the molecule is CC(C)(C)OC(=O)NCCC#Cc1ccc2ccsc2c1. The zero-order valence-corrected chi connectivity index (χ0v) is 13.3. The highest BCUT2D eigenvalue weighted by Gasteiger charge is 2.15. The van der Waals surface area contributed by atoms with Crippen LogP contribution in [0.1, 0.15) is 32.8 Å². The summed E-state index contributed by atoms with van der Waals surface area (Å²) < 4.78 is 6.39. The number of alkyl carbamates (subject to hydrolysis) is 1. The zero-order valence-electron chi connectivity index (χ0n) is 12.5. The van der Waals surface area contributed by atoms with Crippen LogP contribution in [0.5, 0.6) is 0 Å². The summed E-state index contributed by atoms with van der Waals surface area (Å²) in [5.74, 6) is 6.17. The van der Waals surface area contributed by atoms with Crippen molar-refractivity contribution in [3.8, 4) is 11.8 Å². The van der Waals surface area contributed by atoms with Gasteiger partial charge in [0.15, 0.2) is 0 Å². The molecule has 0 bridgehead atoms. The van der Waals surface area contributed by atoms with Crippen molar-refractivity contribution in [2.75, 3.05) is 6.54 Å². The highest BCUT2D eigenvalue weighted by molar-refractivity contribution is 7.17. The number of hydrogen-bond acceptors (Lipinski definition) is 3. The van der Waals surface area contributed by atoms with Gasteiger partial charge in [-0.1, -0.05) is 17.9 Å². The van der Waals surface area contributed by atoms with Gasteiger partial charge in [-0.2, -0.15) is 0 Å². The molecule has 0 atom stereocenters. The molecule has 2 rings (SSSR count). The summed E-state index contributed by atoms with van der Waals surface area (Å²) in [7, 11) is 0. The molecule has 0 spiro atoms. The molecule has 4 heteroatoms. The van der Waals surface area contributed by atoms with Gasteiger partial charge >= 0.3 is 6.09 Å². The molecule has 0 aliphatic heterocycles. The van der Waals surface area contributed by atoms with E-state index in [0.717, 1.165) is 5.56 Å². The summed E-state index contributed by atoms with van der Waals surface area (Å²) in [5, 5.41) is 6.01. The monoisotopic (exact) mass is 301 g/mol. The van der Waals surface area contributed by atoms with Gasteiger partial charge in [0.1, 0.15) is 5.60 Å². The summed E-state index contributed by atoms with van der Waals surface area (Å²) in [6, 6.07) is 8.29. The van der Waals surface area contributed by atoms with Crippen LogP contribution in [0.3, 0.4) is 0 Å². The topological polar surface area (TPSA) is 38.3 Å². The minimum absolute atomic E-state index is 0.399. The Bertz CT molecular complexity index is 686. The number of carbonyl (C=O) groups excluding carboxylic acids is 1. The van der Waals surface area contributed by atoms with Gasteiger partial charge in [-0.05, 0) is 49.7 Å². The Morgan fingerprint density at radius 2 is 2.14 bits per heavy atom. The molecule has 1 aromatic carbocycles. The number of benzene rings is 1. The van der Waals surface area contributed by atoms with Crippen LogP contribution in [0.4, 0.5) is 4.79 Å². The molecule has 2 aromatic rings. The van der Waals surface area contributed by atoms with Gasteiger partial charge < -0.3 is 10.1 Å². The Hall–Kier alpha value is -1.99. The van der Waals surface area contributed by atoms with E-state index in [1.165, 1.54) is 10.1 Å². The van der Waals surface area contributed by atoms with Gasteiger partial charge in [-0.25, -0.2) is 4.79 Å².